The van der Waals surface area contributed by atoms with E-state index in [1.807, 2.05) is 0 Å². The van der Waals surface area contributed by atoms with Gasteiger partial charge in [0.1, 0.15) is 0 Å². The molecule has 7 heavy (non-hydrogen) atoms. The van der Waals surface area contributed by atoms with Crippen LogP contribution in [-0.4, -0.2) is 45.7 Å². The minimum atomic E-state index is -2.46. The Kier molecular flexibility index (Phi) is 5.58. The third-order valence-electron chi connectivity index (χ3n) is 0.474. The summed E-state index contributed by atoms with van der Waals surface area (Å²) in [4.78, 5) is 0. The summed E-state index contributed by atoms with van der Waals surface area (Å²) in [6, 6.07) is 0. The standard InChI is InChI=1S/C3H8O3.Sb/c1-2-3(4,5)6;/h4-6H,2H2,1H3;. The second-order valence-electron chi connectivity index (χ2n) is 1.13. The molecule has 43 valence electrons. The molecule has 0 aliphatic heterocycles. The Bertz CT molecular complexity index is 39.9. The molecular weight excluding hydrogens is 206 g/mol. The Morgan fingerprint density at radius 2 is 1.43 bits per heavy atom. The predicted molar refractivity (Wildman–Crippen MR) is 25.4 cm³/mol. The van der Waals surface area contributed by atoms with Crippen molar-refractivity contribution in [2.24, 2.45) is 0 Å². The normalized spacial score (nSPS) is 10.3. The van der Waals surface area contributed by atoms with Crippen LogP contribution < -0.4 is 0 Å². The van der Waals surface area contributed by atoms with E-state index in [2.05, 4.69) is 0 Å². The number of aliphatic hydroxyl groups is 3. The Labute approximate surface area is 59.4 Å². The fourth-order valence-electron chi connectivity index (χ4n) is 0. The van der Waals surface area contributed by atoms with Crippen LogP contribution in [0.3, 0.4) is 0 Å². The van der Waals surface area contributed by atoms with Gasteiger partial charge in [-0.2, -0.15) is 0 Å². The Balaban J connectivity index is 0. The van der Waals surface area contributed by atoms with Crippen molar-refractivity contribution in [3.05, 3.63) is 0 Å². The first kappa shape index (κ1) is 10.6. The molecule has 0 amide bonds. The van der Waals surface area contributed by atoms with Gasteiger partial charge in [0.25, 0.3) is 5.97 Å². The fourth-order valence-corrected chi connectivity index (χ4v) is 0. The molecule has 3 radical (unpaired) electrons. The summed E-state index contributed by atoms with van der Waals surface area (Å²) in [5, 5.41) is 23.8. The van der Waals surface area contributed by atoms with Crippen LogP contribution >= 0.6 is 0 Å². The summed E-state index contributed by atoms with van der Waals surface area (Å²) >= 11 is 0. The molecule has 3 N–H and O–H groups in total. The van der Waals surface area contributed by atoms with E-state index in [0.717, 1.165) is 0 Å². The van der Waals surface area contributed by atoms with Crippen molar-refractivity contribution in [2.45, 2.75) is 19.3 Å². The second-order valence-corrected chi connectivity index (χ2v) is 1.13. The largest absolute Gasteiger partial charge is 0.344 e. The Morgan fingerprint density at radius 1 is 1.29 bits per heavy atom. The second kappa shape index (κ2) is 3.67. The quantitative estimate of drug-likeness (QED) is 0.373. The molecule has 0 saturated heterocycles. The number of hydrogen-bond acceptors (Lipinski definition) is 3. The molecule has 0 aliphatic rings. The van der Waals surface area contributed by atoms with Crippen LogP contribution in [0.4, 0.5) is 0 Å². The van der Waals surface area contributed by atoms with E-state index in [1.165, 1.54) is 6.92 Å². The van der Waals surface area contributed by atoms with E-state index in [9.17, 15) is 0 Å². The van der Waals surface area contributed by atoms with E-state index in [-0.39, 0.29) is 30.8 Å². The summed E-state index contributed by atoms with van der Waals surface area (Å²) in [5.74, 6) is -2.46. The van der Waals surface area contributed by atoms with E-state index >= 15 is 0 Å². The maximum Gasteiger partial charge on any atom is 0.274 e. The fraction of sp³-hybridized carbons (Fsp3) is 1.00. The minimum Gasteiger partial charge on any atom is -0.344 e. The summed E-state index contributed by atoms with van der Waals surface area (Å²) in [5.41, 5.74) is 0. The molecule has 0 aromatic heterocycles. The van der Waals surface area contributed by atoms with Gasteiger partial charge in [-0.25, -0.2) is 0 Å². The third kappa shape index (κ3) is 10.8. The predicted octanol–water partition coefficient (Wildman–Crippen LogP) is -1.35. The van der Waals surface area contributed by atoms with Gasteiger partial charge >= 0.3 is 0 Å². The number of hydrogen-bond donors (Lipinski definition) is 3. The van der Waals surface area contributed by atoms with Crippen LogP contribution in [0.15, 0.2) is 0 Å². The molecule has 0 heterocycles. The molecule has 0 bridgehead atoms. The zero-order valence-electron chi connectivity index (χ0n) is 4.00. The SMILES string of the molecule is CCC(O)(O)O.[Sb]. The van der Waals surface area contributed by atoms with Crippen molar-refractivity contribution < 1.29 is 15.3 Å². The monoisotopic (exact) mass is 213 g/mol. The van der Waals surface area contributed by atoms with E-state index < -0.39 is 5.97 Å². The molecule has 0 aromatic carbocycles. The van der Waals surface area contributed by atoms with E-state index in [4.69, 9.17) is 15.3 Å². The molecule has 0 saturated carbocycles. The average molecular weight is 214 g/mol. The zero-order chi connectivity index (χ0) is 5.21. The smallest absolute Gasteiger partial charge is 0.274 e. The van der Waals surface area contributed by atoms with Crippen LogP contribution in [0.5, 0.6) is 0 Å². The van der Waals surface area contributed by atoms with Crippen LogP contribution in [0.2, 0.25) is 0 Å². The Hall–Kier alpha value is 0.698. The zero-order valence-corrected chi connectivity index (χ0v) is 6.55. The third-order valence-corrected chi connectivity index (χ3v) is 0.474. The molecule has 0 aromatic rings. The molecule has 0 spiro atoms. The molecule has 0 fully saturated rings. The van der Waals surface area contributed by atoms with Gasteiger partial charge in [0.05, 0.1) is 0 Å². The van der Waals surface area contributed by atoms with Crippen molar-refractivity contribution in [3.63, 3.8) is 0 Å². The van der Waals surface area contributed by atoms with Crippen LogP contribution in [0.1, 0.15) is 13.3 Å². The van der Waals surface area contributed by atoms with Crippen molar-refractivity contribution in [1.82, 2.24) is 0 Å². The average Bonchev–Trinajstić information content (AvgIpc) is 1.35. The van der Waals surface area contributed by atoms with Gasteiger partial charge in [-0.1, -0.05) is 6.92 Å². The summed E-state index contributed by atoms with van der Waals surface area (Å²) < 4.78 is 0. The van der Waals surface area contributed by atoms with E-state index in [1.54, 1.807) is 0 Å². The van der Waals surface area contributed by atoms with Crippen molar-refractivity contribution in [2.75, 3.05) is 0 Å². The summed E-state index contributed by atoms with van der Waals surface area (Å²) in [7, 11) is 0. The van der Waals surface area contributed by atoms with Gasteiger partial charge in [0, 0.05) is 30.8 Å². The number of rotatable bonds is 1. The van der Waals surface area contributed by atoms with Gasteiger partial charge in [0.2, 0.25) is 0 Å². The van der Waals surface area contributed by atoms with Gasteiger partial charge < -0.3 is 15.3 Å². The van der Waals surface area contributed by atoms with Gasteiger partial charge in [-0.15, -0.1) is 0 Å². The van der Waals surface area contributed by atoms with Gasteiger partial charge in [0.15, 0.2) is 0 Å². The first-order chi connectivity index (χ1) is 2.56. The first-order valence-electron chi connectivity index (χ1n) is 1.73. The molecule has 0 atom stereocenters. The molecule has 4 heteroatoms. The van der Waals surface area contributed by atoms with Crippen molar-refractivity contribution >= 4 is 24.4 Å². The molecular formula is C3H8O3Sb. The van der Waals surface area contributed by atoms with Crippen molar-refractivity contribution in [1.29, 1.82) is 0 Å². The van der Waals surface area contributed by atoms with Crippen LogP contribution in [0.25, 0.3) is 0 Å². The Morgan fingerprint density at radius 3 is 1.43 bits per heavy atom. The topological polar surface area (TPSA) is 60.7 Å². The molecule has 0 aliphatic carbocycles. The molecule has 0 unspecified atom stereocenters. The van der Waals surface area contributed by atoms with Crippen molar-refractivity contribution in [3.8, 4) is 0 Å². The molecule has 3 nitrogen and oxygen atoms in total. The van der Waals surface area contributed by atoms with E-state index in [0.29, 0.717) is 0 Å². The van der Waals surface area contributed by atoms with Gasteiger partial charge in [-0.05, 0) is 0 Å². The maximum atomic E-state index is 7.94. The summed E-state index contributed by atoms with van der Waals surface area (Å²) in [6.07, 6.45) is -0.0625. The minimum absolute atomic E-state index is 0. The maximum absolute atomic E-state index is 7.94. The van der Waals surface area contributed by atoms with Crippen LogP contribution in [0, 0.1) is 0 Å². The van der Waals surface area contributed by atoms with Gasteiger partial charge in [-0.3, -0.25) is 0 Å². The first-order valence-corrected chi connectivity index (χ1v) is 1.73. The summed E-state index contributed by atoms with van der Waals surface area (Å²) in [6.45, 7) is 1.46. The van der Waals surface area contributed by atoms with Crippen LogP contribution in [-0.2, 0) is 0 Å². The molecule has 0 rings (SSSR count).